The van der Waals surface area contributed by atoms with Gasteiger partial charge in [0.15, 0.2) is 0 Å². The van der Waals surface area contributed by atoms with Crippen molar-refractivity contribution < 1.29 is 23.1 Å². The lowest BCUT2D eigenvalue weighted by Crippen LogP contribution is -2.17. The molecule has 0 bridgehead atoms. The number of para-hydroxylation sites is 1. The molecule has 164 valence electrons. The van der Waals surface area contributed by atoms with Crippen molar-refractivity contribution in [2.45, 2.75) is 6.92 Å². The Balaban J connectivity index is 1.74. The van der Waals surface area contributed by atoms with Gasteiger partial charge in [0.25, 0.3) is 5.91 Å². The van der Waals surface area contributed by atoms with Gasteiger partial charge in [-0.05, 0) is 60.5 Å². The predicted molar refractivity (Wildman–Crippen MR) is 122 cm³/mol. The second kappa shape index (κ2) is 9.44. The molecular weight excluding hydrogens is 424 g/mol. The van der Waals surface area contributed by atoms with Crippen LogP contribution in [0, 0.1) is 18.6 Å². The molecule has 0 aromatic heterocycles. The van der Waals surface area contributed by atoms with Crippen LogP contribution >= 0.6 is 0 Å². The van der Waals surface area contributed by atoms with Gasteiger partial charge in [-0.3, -0.25) is 4.79 Å². The molecule has 0 radical (unpaired) electrons. The number of esters is 1. The highest BCUT2D eigenvalue weighted by Crippen LogP contribution is 2.30. The zero-order valence-corrected chi connectivity index (χ0v) is 17.6. The number of rotatable bonds is 5. The van der Waals surface area contributed by atoms with Crippen LogP contribution in [0.2, 0.25) is 0 Å². The van der Waals surface area contributed by atoms with Gasteiger partial charge >= 0.3 is 5.97 Å². The Morgan fingerprint density at radius 2 is 1.55 bits per heavy atom. The second-order valence-corrected chi connectivity index (χ2v) is 7.36. The minimum absolute atomic E-state index is 0.0150. The molecule has 0 spiro atoms. The smallest absolute Gasteiger partial charge is 0.343 e. The van der Waals surface area contributed by atoms with Crippen LogP contribution in [0.25, 0.3) is 11.1 Å². The van der Waals surface area contributed by atoms with Crippen LogP contribution in [0.1, 0.15) is 26.3 Å². The molecule has 4 aromatic carbocycles. The molecule has 0 fully saturated rings. The zero-order valence-electron chi connectivity index (χ0n) is 17.6. The molecule has 0 heterocycles. The van der Waals surface area contributed by atoms with Crippen LogP contribution in [0.4, 0.5) is 14.5 Å². The minimum atomic E-state index is -0.769. The molecule has 0 saturated heterocycles. The van der Waals surface area contributed by atoms with Crippen LogP contribution in [-0.2, 0) is 0 Å². The fourth-order valence-electron chi connectivity index (χ4n) is 3.32. The number of hydrogen-bond donors (Lipinski definition) is 1. The van der Waals surface area contributed by atoms with E-state index in [1.807, 2.05) is 19.1 Å². The Hall–Kier alpha value is -4.32. The first kappa shape index (κ1) is 21.9. The largest absolute Gasteiger partial charge is 0.422 e. The molecule has 4 rings (SSSR count). The molecule has 33 heavy (non-hydrogen) atoms. The van der Waals surface area contributed by atoms with Crippen molar-refractivity contribution in [3.05, 3.63) is 119 Å². The molecular formula is C27H19F2NO3. The minimum Gasteiger partial charge on any atom is -0.422 e. The number of anilines is 1. The van der Waals surface area contributed by atoms with Crippen molar-refractivity contribution in [2.24, 2.45) is 0 Å². The number of benzene rings is 4. The van der Waals surface area contributed by atoms with Gasteiger partial charge in [0.2, 0.25) is 0 Å². The third-order valence-corrected chi connectivity index (χ3v) is 5.07. The highest BCUT2D eigenvalue weighted by atomic mass is 19.1. The zero-order chi connectivity index (χ0) is 23.4. The number of nitrogens with one attached hydrogen (secondary N) is 1. The Labute approximate surface area is 189 Å². The van der Waals surface area contributed by atoms with Crippen molar-refractivity contribution in [1.29, 1.82) is 0 Å². The van der Waals surface area contributed by atoms with E-state index in [0.29, 0.717) is 16.8 Å². The standard InChI is InChI=1S/C27H19F2NO3/c1-17-7-5-6-10-24(17)30-26(31)22-15-19(21-13-12-20(28)16-23(21)29)11-14-25(22)33-27(32)18-8-3-2-4-9-18/h2-16H,1H3,(H,30,31). The maximum Gasteiger partial charge on any atom is 0.343 e. The first-order chi connectivity index (χ1) is 15.9. The summed E-state index contributed by atoms with van der Waals surface area (Å²) in [4.78, 5) is 25.8. The number of amides is 1. The van der Waals surface area contributed by atoms with E-state index in [1.54, 1.807) is 42.5 Å². The first-order valence-electron chi connectivity index (χ1n) is 10.2. The van der Waals surface area contributed by atoms with Gasteiger partial charge in [-0.25, -0.2) is 13.6 Å². The third-order valence-electron chi connectivity index (χ3n) is 5.07. The van der Waals surface area contributed by atoms with Crippen molar-refractivity contribution >= 4 is 17.6 Å². The number of hydrogen-bond acceptors (Lipinski definition) is 3. The van der Waals surface area contributed by atoms with Gasteiger partial charge < -0.3 is 10.1 Å². The molecule has 0 atom stereocenters. The summed E-state index contributed by atoms with van der Waals surface area (Å²) in [5.74, 6) is -2.64. The second-order valence-electron chi connectivity index (χ2n) is 7.36. The summed E-state index contributed by atoms with van der Waals surface area (Å²) in [6.45, 7) is 1.84. The van der Waals surface area contributed by atoms with Gasteiger partial charge in [0.1, 0.15) is 17.4 Å². The van der Waals surface area contributed by atoms with E-state index in [0.717, 1.165) is 17.7 Å². The summed E-state index contributed by atoms with van der Waals surface area (Å²) < 4.78 is 33.2. The highest BCUT2D eigenvalue weighted by molar-refractivity contribution is 6.08. The summed E-state index contributed by atoms with van der Waals surface area (Å²) in [6, 6.07) is 23.1. The monoisotopic (exact) mass is 443 g/mol. The summed E-state index contributed by atoms with van der Waals surface area (Å²) >= 11 is 0. The van der Waals surface area contributed by atoms with E-state index < -0.39 is 23.5 Å². The first-order valence-corrected chi connectivity index (χ1v) is 10.2. The van der Waals surface area contributed by atoms with E-state index >= 15 is 0 Å². The average molecular weight is 443 g/mol. The van der Waals surface area contributed by atoms with Crippen molar-refractivity contribution in [3.8, 4) is 16.9 Å². The number of carbonyl (C=O) groups excluding carboxylic acids is 2. The molecule has 4 nitrogen and oxygen atoms in total. The van der Waals surface area contributed by atoms with Crippen molar-refractivity contribution in [2.75, 3.05) is 5.32 Å². The normalized spacial score (nSPS) is 10.5. The van der Waals surface area contributed by atoms with Gasteiger partial charge in [-0.2, -0.15) is 0 Å². The topological polar surface area (TPSA) is 55.4 Å². The maximum absolute atomic E-state index is 14.4. The lowest BCUT2D eigenvalue weighted by molar-refractivity contribution is 0.0733. The van der Waals surface area contributed by atoms with Crippen LogP contribution in [-0.4, -0.2) is 11.9 Å². The van der Waals surface area contributed by atoms with E-state index in [-0.39, 0.29) is 16.9 Å². The number of halogens is 2. The summed E-state index contributed by atoms with van der Waals surface area (Å²) in [6.07, 6.45) is 0. The number of aryl methyl sites for hydroxylation is 1. The number of ether oxygens (including phenoxy) is 1. The lowest BCUT2D eigenvalue weighted by Gasteiger charge is -2.14. The van der Waals surface area contributed by atoms with Gasteiger partial charge in [-0.15, -0.1) is 0 Å². The number of carbonyl (C=O) groups is 2. The van der Waals surface area contributed by atoms with Crippen LogP contribution < -0.4 is 10.1 Å². The Kier molecular flexibility index (Phi) is 6.26. The summed E-state index contributed by atoms with van der Waals surface area (Å²) in [5, 5.41) is 2.80. The van der Waals surface area contributed by atoms with Crippen LogP contribution in [0.5, 0.6) is 5.75 Å². The average Bonchev–Trinajstić information content (AvgIpc) is 2.81. The summed E-state index contributed by atoms with van der Waals surface area (Å²) in [5.41, 5.74) is 2.22. The van der Waals surface area contributed by atoms with Gasteiger partial charge in [0, 0.05) is 17.3 Å². The molecule has 1 N–H and O–H groups in total. The molecule has 0 unspecified atom stereocenters. The van der Waals surface area contributed by atoms with E-state index in [4.69, 9.17) is 4.74 Å². The lowest BCUT2D eigenvalue weighted by atomic mass is 10.0. The van der Waals surface area contributed by atoms with Gasteiger partial charge in [0.05, 0.1) is 11.1 Å². The molecule has 0 saturated carbocycles. The van der Waals surface area contributed by atoms with Crippen molar-refractivity contribution in [3.63, 3.8) is 0 Å². The molecule has 0 aliphatic carbocycles. The summed E-state index contributed by atoms with van der Waals surface area (Å²) in [7, 11) is 0. The van der Waals surface area contributed by atoms with E-state index in [1.165, 1.54) is 24.3 Å². The SMILES string of the molecule is Cc1ccccc1NC(=O)c1cc(-c2ccc(F)cc2F)ccc1OC(=O)c1ccccc1. The quantitative estimate of drug-likeness (QED) is 0.286. The fourth-order valence-corrected chi connectivity index (χ4v) is 3.32. The highest BCUT2D eigenvalue weighted by Gasteiger charge is 2.19. The Bertz CT molecular complexity index is 1340. The Morgan fingerprint density at radius 1 is 0.818 bits per heavy atom. The predicted octanol–water partition coefficient (Wildman–Crippen LogP) is 6.41. The molecule has 0 aliphatic rings. The molecule has 4 aromatic rings. The van der Waals surface area contributed by atoms with Crippen LogP contribution in [0.3, 0.4) is 0 Å². The van der Waals surface area contributed by atoms with E-state index in [2.05, 4.69) is 5.32 Å². The van der Waals surface area contributed by atoms with E-state index in [9.17, 15) is 18.4 Å². The van der Waals surface area contributed by atoms with Crippen LogP contribution in [0.15, 0.2) is 91.0 Å². The Morgan fingerprint density at radius 3 is 2.27 bits per heavy atom. The maximum atomic E-state index is 14.4. The molecule has 1 amide bonds. The van der Waals surface area contributed by atoms with Gasteiger partial charge in [-0.1, -0.05) is 42.5 Å². The van der Waals surface area contributed by atoms with Crippen molar-refractivity contribution in [1.82, 2.24) is 0 Å². The molecule has 6 heteroatoms. The molecule has 0 aliphatic heterocycles. The third kappa shape index (κ3) is 4.96. The fraction of sp³-hybridized carbons (Fsp3) is 0.0370.